The zero-order chi connectivity index (χ0) is 11.5. The molecule has 0 fully saturated rings. The number of rotatable bonds is 5. The number of aliphatic carboxylic acids is 1. The molecule has 0 bridgehead atoms. The predicted octanol–water partition coefficient (Wildman–Crippen LogP) is 2.76. The highest BCUT2D eigenvalue weighted by Gasteiger charge is 1.83. The van der Waals surface area contributed by atoms with Crippen molar-refractivity contribution >= 4 is 5.97 Å². The molecular formula is C12H14O3. The van der Waals surface area contributed by atoms with Gasteiger partial charge in [-0.25, -0.2) is 4.79 Å². The summed E-state index contributed by atoms with van der Waals surface area (Å²) in [5.74, 6) is -1.05. The van der Waals surface area contributed by atoms with Crippen LogP contribution in [0.5, 0.6) is 0 Å². The first-order chi connectivity index (χ1) is 7.16. The van der Waals surface area contributed by atoms with Crippen molar-refractivity contribution in [2.75, 3.05) is 0 Å². The fraction of sp³-hybridized carbons (Fsp3) is 0.0833. The molecule has 0 rings (SSSR count). The van der Waals surface area contributed by atoms with Gasteiger partial charge in [0.15, 0.2) is 0 Å². The van der Waals surface area contributed by atoms with Gasteiger partial charge in [-0.1, -0.05) is 36.5 Å². The minimum Gasteiger partial charge on any atom is -0.508 e. The maximum atomic E-state index is 10.1. The lowest BCUT2D eigenvalue weighted by atomic mass is 10.3. The Balaban J connectivity index is 4.12. The first-order valence-electron chi connectivity index (χ1n) is 4.43. The van der Waals surface area contributed by atoms with Crippen molar-refractivity contribution in [1.29, 1.82) is 0 Å². The number of hydrogen-bond donors (Lipinski definition) is 2. The molecule has 3 heteroatoms. The molecule has 0 unspecified atom stereocenters. The molecule has 0 aromatic rings. The van der Waals surface area contributed by atoms with E-state index in [1.807, 2.05) is 25.2 Å². The minimum atomic E-state index is -1.05. The third-order valence-electron chi connectivity index (χ3n) is 1.30. The van der Waals surface area contributed by atoms with E-state index in [0.29, 0.717) is 0 Å². The van der Waals surface area contributed by atoms with Gasteiger partial charge in [-0.2, -0.15) is 0 Å². The molecule has 0 radical (unpaired) electrons. The van der Waals surface area contributed by atoms with Gasteiger partial charge in [0, 0.05) is 6.08 Å². The van der Waals surface area contributed by atoms with Crippen molar-refractivity contribution in [3.05, 3.63) is 60.4 Å². The summed E-state index contributed by atoms with van der Waals surface area (Å²) < 4.78 is 0. The fourth-order valence-corrected chi connectivity index (χ4v) is 0.678. The number of hydrogen-bond acceptors (Lipinski definition) is 2. The van der Waals surface area contributed by atoms with E-state index < -0.39 is 5.97 Å². The standard InChI is InChI=1S/C12H14O3/c1-2-3-4-5-6-8-11(13)9-7-10-12(14)15/h2-10,13H,1H3,(H,14,15). The Labute approximate surface area is 89.1 Å². The van der Waals surface area contributed by atoms with Gasteiger partial charge in [0.05, 0.1) is 0 Å². The molecule has 0 aromatic heterocycles. The molecule has 0 aliphatic heterocycles. The average Bonchev–Trinajstić information content (AvgIpc) is 2.17. The molecule has 0 aromatic carbocycles. The van der Waals surface area contributed by atoms with Crippen molar-refractivity contribution in [3.63, 3.8) is 0 Å². The van der Waals surface area contributed by atoms with Gasteiger partial charge in [-0.05, 0) is 19.1 Å². The van der Waals surface area contributed by atoms with Crippen LogP contribution >= 0.6 is 0 Å². The number of carbonyl (C=O) groups is 1. The van der Waals surface area contributed by atoms with Crippen LogP contribution in [-0.2, 0) is 4.79 Å². The van der Waals surface area contributed by atoms with Crippen LogP contribution in [0.3, 0.4) is 0 Å². The molecule has 0 amide bonds. The van der Waals surface area contributed by atoms with Gasteiger partial charge in [0.25, 0.3) is 0 Å². The summed E-state index contributed by atoms with van der Waals surface area (Å²) >= 11 is 0. The van der Waals surface area contributed by atoms with Gasteiger partial charge in [0.2, 0.25) is 0 Å². The van der Waals surface area contributed by atoms with E-state index in [2.05, 4.69) is 0 Å². The summed E-state index contributed by atoms with van der Waals surface area (Å²) in [6.07, 6.45) is 13.9. The van der Waals surface area contributed by atoms with Crippen LogP contribution in [0.4, 0.5) is 0 Å². The Morgan fingerprint density at radius 3 is 2.20 bits per heavy atom. The monoisotopic (exact) mass is 206 g/mol. The van der Waals surface area contributed by atoms with E-state index in [-0.39, 0.29) is 5.76 Å². The second-order valence-electron chi connectivity index (χ2n) is 2.56. The summed E-state index contributed by atoms with van der Waals surface area (Å²) in [5.41, 5.74) is 0. The van der Waals surface area contributed by atoms with Gasteiger partial charge in [0.1, 0.15) is 5.76 Å². The summed E-state index contributed by atoms with van der Waals surface area (Å²) in [6.45, 7) is 1.90. The second-order valence-corrected chi connectivity index (χ2v) is 2.56. The van der Waals surface area contributed by atoms with Crippen molar-refractivity contribution in [2.45, 2.75) is 6.92 Å². The largest absolute Gasteiger partial charge is 0.508 e. The van der Waals surface area contributed by atoms with Crippen LogP contribution in [0.15, 0.2) is 60.4 Å². The van der Waals surface area contributed by atoms with E-state index in [9.17, 15) is 9.90 Å². The summed E-state index contributed by atoms with van der Waals surface area (Å²) in [5, 5.41) is 17.5. The van der Waals surface area contributed by atoms with Crippen LogP contribution in [0.1, 0.15) is 6.92 Å². The minimum absolute atomic E-state index is 0.00220. The number of carboxylic acids is 1. The van der Waals surface area contributed by atoms with Crippen LogP contribution in [0, 0.1) is 0 Å². The van der Waals surface area contributed by atoms with Gasteiger partial charge < -0.3 is 10.2 Å². The highest BCUT2D eigenvalue weighted by atomic mass is 16.4. The maximum absolute atomic E-state index is 10.1. The first-order valence-corrected chi connectivity index (χ1v) is 4.43. The van der Waals surface area contributed by atoms with E-state index in [4.69, 9.17) is 5.11 Å². The zero-order valence-electron chi connectivity index (χ0n) is 8.50. The third kappa shape index (κ3) is 9.89. The third-order valence-corrected chi connectivity index (χ3v) is 1.30. The highest BCUT2D eigenvalue weighted by Crippen LogP contribution is 1.92. The molecule has 0 saturated heterocycles. The molecular weight excluding hydrogens is 192 g/mol. The van der Waals surface area contributed by atoms with Gasteiger partial charge >= 0.3 is 5.97 Å². The molecule has 15 heavy (non-hydrogen) atoms. The average molecular weight is 206 g/mol. The maximum Gasteiger partial charge on any atom is 0.328 e. The number of allylic oxidation sites excluding steroid dienone is 8. The van der Waals surface area contributed by atoms with Gasteiger partial charge in [-0.3, -0.25) is 0 Å². The molecule has 3 nitrogen and oxygen atoms in total. The van der Waals surface area contributed by atoms with E-state index in [1.54, 1.807) is 12.2 Å². The lowest BCUT2D eigenvalue weighted by Gasteiger charge is -1.85. The van der Waals surface area contributed by atoms with Crippen molar-refractivity contribution in [2.24, 2.45) is 0 Å². The smallest absolute Gasteiger partial charge is 0.328 e. The Hall–Kier alpha value is -2.03. The molecule has 0 saturated carbocycles. The molecule has 80 valence electrons. The van der Waals surface area contributed by atoms with E-state index >= 15 is 0 Å². The Kier molecular flexibility index (Phi) is 7.40. The summed E-state index contributed by atoms with van der Waals surface area (Å²) in [4.78, 5) is 10.1. The second kappa shape index (κ2) is 8.56. The molecule has 0 aliphatic rings. The highest BCUT2D eigenvalue weighted by molar-refractivity contribution is 5.80. The number of aliphatic hydroxyl groups excluding tert-OH is 1. The number of aliphatic hydroxyl groups is 1. The SMILES string of the molecule is CC=CC=CC=CC(O)=CC=CC(=O)O. The van der Waals surface area contributed by atoms with E-state index in [1.165, 1.54) is 18.2 Å². The van der Waals surface area contributed by atoms with E-state index in [0.717, 1.165) is 6.08 Å². The predicted molar refractivity (Wildman–Crippen MR) is 60.6 cm³/mol. The van der Waals surface area contributed by atoms with Crippen molar-refractivity contribution in [1.82, 2.24) is 0 Å². The van der Waals surface area contributed by atoms with Crippen molar-refractivity contribution < 1.29 is 15.0 Å². The Morgan fingerprint density at radius 1 is 0.933 bits per heavy atom. The molecule has 0 spiro atoms. The first kappa shape index (κ1) is 13.0. The zero-order valence-corrected chi connectivity index (χ0v) is 8.50. The topological polar surface area (TPSA) is 57.5 Å². The van der Waals surface area contributed by atoms with Crippen LogP contribution in [0.25, 0.3) is 0 Å². The van der Waals surface area contributed by atoms with Crippen LogP contribution < -0.4 is 0 Å². The normalized spacial score (nSPS) is 13.8. The number of carboxylic acid groups (broad SMARTS) is 1. The lowest BCUT2D eigenvalue weighted by molar-refractivity contribution is -0.131. The Morgan fingerprint density at radius 2 is 1.60 bits per heavy atom. The molecule has 0 atom stereocenters. The van der Waals surface area contributed by atoms with Crippen molar-refractivity contribution in [3.8, 4) is 0 Å². The molecule has 2 N–H and O–H groups in total. The summed E-state index contributed by atoms with van der Waals surface area (Å²) in [6, 6.07) is 0. The van der Waals surface area contributed by atoms with Crippen LogP contribution in [0.2, 0.25) is 0 Å². The summed E-state index contributed by atoms with van der Waals surface area (Å²) in [7, 11) is 0. The Bertz CT molecular complexity index is 331. The van der Waals surface area contributed by atoms with Crippen LogP contribution in [-0.4, -0.2) is 16.2 Å². The lowest BCUT2D eigenvalue weighted by Crippen LogP contribution is -1.84. The quantitative estimate of drug-likeness (QED) is 0.413. The fourth-order valence-electron chi connectivity index (χ4n) is 0.678. The van der Waals surface area contributed by atoms with Gasteiger partial charge in [-0.15, -0.1) is 0 Å². The molecule has 0 heterocycles. The molecule has 0 aliphatic carbocycles.